The summed E-state index contributed by atoms with van der Waals surface area (Å²) < 4.78 is 4.74. The summed E-state index contributed by atoms with van der Waals surface area (Å²) >= 11 is 0. The first-order valence-corrected chi connectivity index (χ1v) is 18.9. The van der Waals surface area contributed by atoms with Gasteiger partial charge in [-0.05, 0) is 76.0 Å². The van der Waals surface area contributed by atoms with Crippen molar-refractivity contribution in [1.29, 1.82) is 0 Å². The molecule has 7 aromatic rings. The zero-order valence-electron chi connectivity index (χ0n) is 26.7. The average Bonchev–Trinajstić information content (AvgIpc) is 3.30. The zero-order chi connectivity index (χ0) is 30.3. The highest BCUT2D eigenvalue weighted by atomic mass is 28.3. The molecule has 0 radical (unpaired) electrons. The summed E-state index contributed by atoms with van der Waals surface area (Å²) in [7, 11) is 0.740. The van der Waals surface area contributed by atoms with Crippen molar-refractivity contribution in [1.82, 2.24) is 4.57 Å². The maximum Gasteiger partial charge on any atom is 0.220 e. The minimum absolute atomic E-state index is 0.0320. The lowest BCUT2D eigenvalue weighted by Crippen LogP contribution is -2.37. The normalized spacial score (nSPS) is 12.7. The lowest BCUT2D eigenvalue weighted by Gasteiger charge is -2.24. The Bertz CT molecular complexity index is 2220. The first kappa shape index (κ1) is 27.6. The number of pyridine rings is 1. The topological polar surface area (TPSA) is 8.81 Å². The van der Waals surface area contributed by atoms with E-state index in [1.165, 1.54) is 76.6 Å². The predicted octanol–water partition coefficient (Wildman–Crippen LogP) is 9.73. The molecule has 0 atom stereocenters. The minimum atomic E-state index is -1.44. The highest BCUT2D eigenvalue weighted by Gasteiger charge is 2.25. The Hall–Kier alpha value is -4.21. The number of para-hydroxylation sites is 1. The summed E-state index contributed by atoms with van der Waals surface area (Å²) in [6.07, 6.45) is 2.22. The number of hydrogen-bond acceptors (Lipinski definition) is 0. The molecule has 2 heterocycles. The Morgan fingerprint density at radius 3 is 2.05 bits per heavy atom. The molecule has 7 rings (SSSR count). The molecule has 2 aromatic heterocycles. The monoisotopic (exact) mass is 577 g/mol. The van der Waals surface area contributed by atoms with Crippen LogP contribution in [0.4, 0.5) is 0 Å². The van der Waals surface area contributed by atoms with E-state index < -0.39 is 8.07 Å². The van der Waals surface area contributed by atoms with Crippen LogP contribution in [-0.4, -0.2) is 12.6 Å². The quantitative estimate of drug-likeness (QED) is 0.146. The Kier molecular flexibility index (Phi) is 6.20. The third-order valence-electron chi connectivity index (χ3n) is 9.29. The van der Waals surface area contributed by atoms with Gasteiger partial charge >= 0.3 is 0 Å². The van der Waals surface area contributed by atoms with Crippen molar-refractivity contribution in [2.75, 3.05) is 0 Å². The van der Waals surface area contributed by atoms with Crippen LogP contribution in [0.5, 0.6) is 0 Å². The van der Waals surface area contributed by atoms with Gasteiger partial charge < -0.3 is 4.57 Å². The molecule has 0 aliphatic heterocycles. The molecule has 0 spiro atoms. The third kappa shape index (κ3) is 4.41. The van der Waals surface area contributed by atoms with E-state index in [1.807, 2.05) is 0 Å². The number of hydrogen-bond donors (Lipinski definition) is 0. The van der Waals surface area contributed by atoms with Crippen LogP contribution in [-0.2, 0) is 12.5 Å². The number of benzene rings is 5. The SMILES string of the molecule is Cc1c(-c2c3ccc(-n4c5ccccc5c5cc([Si](C)(C)C)ccc54)cc3cc[n+]2C)cc(C(C)(C)C)c2ccccc12. The first-order chi connectivity index (χ1) is 20.4. The molecule has 0 aliphatic rings. The van der Waals surface area contributed by atoms with Crippen molar-refractivity contribution in [3.8, 4) is 16.9 Å². The van der Waals surface area contributed by atoms with Crippen molar-refractivity contribution in [3.05, 3.63) is 114 Å². The maximum absolute atomic E-state index is 2.45. The van der Waals surface area contributed by atoms with Crippen LogP contribution in [0, 0.1) is 6.92 Å². The molecular weight excluding hydrogens is 537 g/mol. The minimum Gasteiger partial charge on any atom is -0.309 e. The third-order valence-corrected chi connectivity index (χ3v) is 11.3. The fraction of sp³-hybridized carbons (Fsp3) is 0.225. The Labute approximate surface area is 256 Å². The van der Waals surface area contributed by atoms with Gasteiger partial charge in [0, 0.05) is 22.5 Å². The number of aromatic nitrogens is 2. The van der Waals surface area contributed by atoms with Gasteiger partial charge in [0.15, 0.2) is 6.20 Å². The molecule has 43 heavy (non-hydrogen) atoms. The zero-order valence-corrected chi connectivity index (χ0v) is 27.7. The van der Waals surface area contributed by atoms with E-state index in [9.17, 15) is 0 Å². The number of nitrogens with zero attached hydrogens (tertiary/aromatic N) is 2. The lowest BCUT2D eigenvalue weighted by atomic mass is 9.80. The molecule has 0 bridgehead atoms. The fourth-order valence-corrected chi connectivity index (χ4v) is 8.10. The standard InChI is InChI=1S/C40H41N2Si/c1-26-30-13-9-10-14-32(30)36(40(2,3)4)25-34(26)39-31-19-17-28(23-27(31)21-22-41(39)5)42-37-16-12-11-15-33(37)35-24-29(43(6,7)8)18-20-38(35)42/h9-25H,1-8H3/q+1. The van der Waals surface area contributed by atoms with Crippen LogP contribution in [0.1, 0.15) is 31.9 Å². The molecule has 214 valence electrons. The second kappa shape index (κ2) is 9.65. The van der Waals surface area contributed by atoms with Crippen LogP contribution < -0.4 is 9.75 Å². The Morgan fingerprint density at radius 2 is 1.33 bits per heavy atom. The van der Waals surface area contributed by atoms with Crippen molar-refractivity contribution in [2.45, 2.75) is 52.8 Å². The van der Waals surface area contributed by atoms with E-state index in [-0.39, 0.29) is 5.41 Å². The van der Waals surface area contributed by atoms with Crippen molar-refractivity contribution >= 4 is 56.6 Å². The molecule has 0 N–H and O–H groups in total. The average molecular weight is 578 g/mol. The fourth-order valence-electron chi connectivity index (χ4n) is 6.94. The van der Waals surface area contributed by atoms with Gasteiger partial charge in [0.2, 0.25) is 5.69 Å². The molecule has 0 amide bonds. The van der Waals surface area contributed by atoms with Gasteiger partial charge in [0.1, 0.15) is 7.05 Å². The molecule has 3 heteroatoms. The Balaban J connectivity index is 1.48. The number of rotatable bonds is 3. The number of aryl methyl sites for hydroxylation is 2. The highest BCUT2D eigenvalue weighted by Crippen LogP contribution is 2.39. The smallest absolute Gasteiger partial charge is 0.220 e. The molecule has 0 fully saturated rings. The van der Waals surface area contributed by atoms with Crippen LogP contribution in [0.25, 0.3) is 60.3 Å². The van der Waals surface area contributed by atoms with E-state index in [0.29, 0.717) is 0 Å². The van der Waals surface area contributed by atoms with Gasteiger partial charge in [-0.15, -0.1) is 0 Å². The van der Waals surface area contributed by atoms with Gasteiger partial charge in [-0.25, -0.2) is 4.57 Å². The van der Waals surface area contributed by atoms with E-state index >= 15 is 0 Å². The van der Waals surface area contributed by atoms with E-state index in [0.717, 1.165) is 0 Å². The van der Waals surface area contributed by atoms with Crippen LogP contribution in [0.3, 0.4) is 0 Å². The summed E-state index contributed by atoms with van der Waals surface area (Å²) in [5, 5.41) is 9.37. The largest absolute Gasteiger partial charge is 0.309 e. The van der Waals surface area contributed by atoms with E-state index in [1.54, 1.807) is 0 Å². The van der Waals surface area contributed by atoms with Crippen LogP contribution >= 0.6 is 0 Å². The number of fused-ring (bicyclic) bond motifs is 5. The first-order valence-electron chi connectivity index (χ1n) is 15.4. The van der Waals surface area contributed by atoms with Crippen molar-refractivity contribution in [2.24, 2.45) is 7.05 Å². The molecule has 0 saturated heterocycles. The van der Waals surface area contributed by atoms with E-state index in [4.69, 9.17) is 0 Å². The second-order valence-electron chi connectivity index (χ2n) is 14.3. The molecule has 0 aliphatic carbocycles. The molecular formula is C40H41N2Si+. The molecule has 5 aromatic carbocycles. The van der Waals surface area contributed by atoms with Gasteiger partial charge in [-0.1, -0.05) is 100 Å². The molecule has 0 saturated carbocycles. The van der Waals surface area contributed by atoms with E-state index in [2.05, 4.69) is 167 Å². The van der Waals surface area contributed by atoms with Gasteiger partial charge in [0.05, 0.1) is 30.1 Å². The summed E-state index contributed by atoms with van der Waals surface area (Å²) in [5.41, 5.74) is 9.04. The van der Waals surface area contributed by atoms with Crippen LogP contribution in [0.2, 0.25) is 19.6 Å². The van der Waals surface area contributed by atoms with Crippen LogP contribution in [0.15, 0.2) is 103 Å². The summed E-state index contributed by atoms with van der Waals surface area (Å²) in [4.78, 5) is 0. The lowest BCUT2D eigenvalue weighted by molar-refractivity contribution is -0.659. The second-order valence-corrected chi connectivity index (χ2v) is 19.4. The van der Waals surface area contributed by atoms with Gasteiger partial charge in [-0.3, -0.25) is 0 Å². The van der Waals surface area contributed by atoms with Crippen molar-refractivity contribution in [3.63, 3.8) is 0 Å². The molecule has 2 nitrogen and oxygen atoms in total. The summed E-state index contributed by atoms with van der Waals surface area (Å²) in [5.74, 6) is 0. The van der Waals surface area contributed by atoms with Crippen molar-refractivity contribution < 1.29 is 4.57 Å². The van der Waals surface area contributed by atoms with Gasteiger partial charge in [0.25, 0.3) is 0 Å². The summed E-state index contributed by atoms with van der Waals surface area (Å²) in [6, 6.07) is 36.6. The van der Waals surface area contributed by atoms with Gasteiger partial charge in [-0.2, -0.15) is 0 Å². The predicted molar refractivity (Wildman–Crippen MR) is 189 cm³/mol. The maximum atomic E-state index is 2.45. The molecule has 0 unspecified atom stereocenters. The Morgan fingerprint density at radius 1 is 0.651 bits per heavy atom. The summed E-state index contributed by atoms with van der Waals surface area (Å²) in [6.45, 7) is 16.5. The highest BCUT2D eigenvalue weighted by molar-refractivity contribution is 6.88.